The zero-order chi connectivity index (χ0) is 18.7. The largest absolute Gasteiger partial charge is 0.494 e. The third kappa shape index (κ3) is 3.44. The van der Waals surface area contributed by atoms with E-state index in [9.17, 15) is 10.2 Å². The molecule has 0 unspecified atom stereocenters. The van der Waals surface area contributed by atoms with Gasteiger partial charge in [0.2, 0.25) is 28.8 Å². The van der Waals surface area contributed by atoms with E-state index in [0.29, 0.717) is 36.4 Å². The summed E-state index contributed by atoms with van der Waals surface area (Å²) in [6, 6.07) is 0. The summed E-state index contributed by atoms with van der Waals surface area (Å²) >= 11 is 1.09. The molecule has 9 heteroatoms. The summed E-state index contributed by atoms with van der Waals surface area (Å²) in [5.74, 6) is 1.13. The molecule has 2 aromatic rings. The standard InChI is InChI=1S/C17H24N6O2S/c1-4-18-15-19-16(22(5-2)6-3)21-17(20-15)26-23-13(24)11-9-7-8-10-12(11)14(23)25/h7-8,24-25H,4-6,9-10H2,1-3H3,(H,18,19,20,21). The van der Waals surface area contributed by atoms with Gasteiger partial charge in [0.05, 0.1) is 0 Å². The minimum atomic E-state index is 0.0432. The van der Waals surface area contributed by atoms with Gasteiger partial charge in [-0.05, 0) is 33.6 Å². The van der Waals surface area contributed by atoms with Gasteiger partial charge in [-0.25, -0.2) is 3.97 Å². The van der Waals surface area contributed by atoms with Crippen LogP contribution in [0, 0.1) is 0 Å². The fourth-order valence-corrected chi connectivity index (χ4v) is 3.69. The Hall–Kier alpha value is -2.42. The summed E-state index contributed by atoms with van der Waals surface area (Å²) in [5.41, 5.74) is 1.50. The van der Waals surface area contributed by atoms with Gasteiger partial charge in [-0.1, -0.05) is 12.2 Å². The number of nitrogens with zero attached hydrogens (tertiary/aromatic N) is 5. The van der Waals surface area contributed by atoms with Crippen molar-refractivity contribution < 1.29 is 10.2 Å². The number of nitrogens with one attached hydrogen (secondary N) is 1. The van der Waals surface area contributed by atoms with Gasteiger partial charge < -0.3 is 20.4 Å². The smallest absolute Gasteiger partial charge is 0.231 e. The highest BCUT2D eigenvalue weighted by Gasteiger charge is 2.24. The molecule has 140 valence electrons. The second-order valence-corrected chi connectivity index (χ2v) is 6.73. The van der Waals surface area contributed by atoms with E-state index in [0.717, 1.165) is 36.2 Å². The lowest BCUT2D eigenvalue weighted by Crippen LogP contribution is -2.25. The molecule has 1 aliphatic carbocycles. The highest BCUT2D eigenvalue weighted by molar-refractivity contribution is 7.97. The van der Waals surface area contributed by atoms with E-state index in [1.807, 2.05) is 37.8 Å². The molecule has 0 aromatic carbocycles. The van der Waals surface area contributed by atoms with Crippen LogP contribution in [0.2, 0.25) is 0 Å². The molecule has 0 fully saturated rings. The number of allylic oxidation sites excluding steroid dienone is 2. The third-order valence-electron chi connectivity index (χ3n) is 4.26. The van der Waals surface area contributed by atoms with Crippen molar-refractivity contribution in [3.05, 3.63) is 23.3 Å². The van der Waals surface area contributed by atoms with Gasteiger partial charge in [-0.15, -0.1) is 0 Å². The molecule has 1 aliphatic rings. The monoisotopic (exact) mass is 376 g/mol. The normalized spacial score (nSPS) is 12.9. The molecule has 26 heavy (non-hydrogen) atoms. The van der Waals surface area contributed by atoms with Crippen molar-refractivity contribution >= 4 is 23.8 Å². The SMILES string of the molecule is CCNc1nc(Sn2c(O)c3c(c2O)CC=CC3)nc(N(CC)CC)n1. The molecular weight excluding hydrogens is 352 g/mol. The van der Waals surface area contributed by atoms with Crippen LogP contribution in [-0.4, -0.2) is 48.8 Å². The van der Waals surface area contributed by atoms with Crippen molar-refractivity contribution in [2.75, 3.05) is 29.9 Å². The van der Waals surface area contributed by atoms with Gasteiger partial charge in [0.25, 0.3) is 0 Å². The van der Waals surface area contributed by atoms with Gasteiger partial charge in [0, 0.05) is 42.7 Å². The van der Waals surface area contributed by atoms with Crippen LogP contribution >= 0.6 is 11.9 Å². The van der Waals surface area contributed by atoms with E-state index in [1.54, 1.807) is 0 Å². The minimum Gasteiger partial charge on any atom is -0.494 e. The molecule has 3 rings (SSSR count). The molecule has 0 spiro atoms. The minimum absolute atomic E-state index is 0.0432. The molecule has 0 saturated carbocycles. The van der Waals surface area contributed by atoms with Crippen molar-refractivity contribution in [3.8, 4) is 11.8 Å². The fourth-order valence-electron chi connectivity index (χ4n) is 2.89. The van der Waals surface area contributed by atoms with Crippen LogP contribution in [0.5, 0.6) is 11.8 Å². The first-order valence-electron chi connectivity index (χ1n) is 8.81. The van der Waals surface area contributed by atoms with E-state index in [4.69, 9.17) is 0 Å². The summed E-state index contributed by atoms with van der Waals surface area (Å²) in [5, 5.41) is 24.5. The summed E-state index contributed by atoms with van der Waals surface area (Å²) in [6.45, 7) is 8.28. The summed E-state index contributed by atoms with van der Waals surface area (Å²) in [7, 11) is 0. The van der Waals surface area contributed by atoms with Crippen molar-refractivity contribution in [3.63, 3.8) is 0 Å². The number of rotatable bonds is 7. The number of aromatic hydroxyl groups is 2. The number of aromatic nitrogens is 4. The molecule has 0 radical (unpaired) electrons. The molecule has 0 saturated heterocycles. The van der Waals surface area contributed by atoms with Crippen LogP contribution in [0.15, 0.2) is 17.3 Å². The number of anilines is 2. The first kappa shape index (κ1) is 18.4. The molecule has 0 amide bonds. The lowest BCUT2D eigenvalue weighted by atomic mass is 10.0. The van der Waals surface area contributed by atoms with E-state index in [1.165, 1.54) is 3.97 Å². The number of hydrogen-bond donors (Lipinski definition) is 3. The van der Waals surface area contributed by atoms with Crippen LogP contribution < -0.4 is 10.2 Å². The molecule has 2 heterocycles. The highest BCUT2D eigenvalue weighted by Crippen LogP contribution is 2.41. The Bertz CT molecular complexity index is 785. The number of fused-ring (bicyclic) bond motifs is 1. The van der Waals surface area contributed by atoms with Crippen LogP contribution in [0.25, 0.3) is 0 Å². The highest BCUT2D eigenvalue weighted by atomic mass is 32.2. The van der Waals surface area contributed by atoms with Crippen LogP contribution in [-0.2, 0) is 12.8 Å². The zero-order valence-corrected chi connectivity index (χ0v) is 16.0. The third-order valence-corrected chi connectivity index (χ3v) is 5.13. The Morgan fingerprint density at radius 2 is 1.65 bits per heavy atom. The molecular formula is C17H24N6O2S. The zero-order valence-electron chi connectivity index (χ0n) is 15.2. The Morgan fingerprint density at radius 3 is 2.19 bits per heavy atom. The van der Waals surface area contributed by atoms with Crippen molar-refractivity contribution in [2.24, 2.45) is 0 Å². The van der Waals surface area contributed by atoms with E-state index >= 15 is 0 Å². The quantitative estimate of drug-likeness (QED) is 0.634. The molecule has 0 aliphatic heterocycles. The first-order valence-corrected chi connectivity index (χ1v) is 9.58. The molecule has 8 nitrogen and oxygen atoms in total. The Morgan fingerprint density at radius 1 is 1.04 bits per heavy atom. The van der Waals surface area contributed by atoms with Gasteiger partial charge in [0.15, 0.2) is 0 Å². The van der Waals surface area contributed by atoms with Crippen LogP contribution in [0.1, 0.15) is 31.9 Å². The van der Waals surface area contributed by atoms with E-state index < -0.39 is 0 Å². The van der Waals surface area contributed by atoms with Gasteiger partial charge in [-0.2, -0.15) is 15.0 Å². The second kappa shape index (κ2) is 7.86. The van der Waals surface area contributed by atoms with Gasteiger partial charge in [0.1, 0.15) is 0 Å². The first-order chi connectivity index (χ1) is 12.6. The maximum absolute atomic E-state index is 10.5. The molecule has 0 atom stereocenters. The van der Waals surface area contributed by atoms with Crippen molar-refractivity contribution in [1.82, 2.24) is 18.9 Å². The Labute approximate surface area is 157 Å². The molecule has 3 N–H and O–H groups in total. The maximum atomic E-state index is 10.5. The second-order valence-electron chi connectivity index (χ2n) is 5.81. The average Bonchev–Trinajstić information content (AvgIpc) is 2.88. The number of hydrogen-bond acceptors (Lipinski definition) is 8. The predicted molar refractivity (Wildman–Crippen MR) is 103 cm³/mol. The van der Waals surface area contributed by atoms with Gasteiger partial charge >= 0.3 is 0 Å². The topological polar surface area (TPSA) is 99.3 Å². The predicted octanol–water partition coefficient (Wildman–Crippen LogP) is 2.57. The average molecular weight is 376 g/mol. The Kier molecular flexibility index (Phi) is 5.55. The Balaban J connectivity index is 1.98. The summed E-state index contributed by atoms with van der Waals surface area (Å²) < 4.78 is 1.38. The van der Waals surface area contributed by atoms with Crippen molar-refractivity contribution in [1.29, 1.82) is 0 Å². The van der Waals surface area contributed by atoms with Gasteiger partial charge in [-0.3, -0.25) is 0 Å². The van der Waals surface area contributed by atoms with Crippen molar-refractivity contribution in [2.45, 2.75) is 38.8 Å². The van der Waals surface area contributed by atoms with E-state index in [2.05, 4.69) is 20.3 Å². The summed E-state index contributed by atoms with van der Waals surface area (Å²) in [4.78, 5) is 15.4. The lowest BCUT2D eigenvalue weighted by Gasteiger charge is -2.19. The van der Waals surface area contributed by atoms with Crippen LogP contribution in [0.3, 0.4) is 0 Å². The maximum Gasteiger partial charge on any atom is 0.231 e. The molecule has 2 aromatic heterocycles. The lowest BCUT2D eigenvalue weighted by molar-refractivity contribution is 0.413. The fraction of sp³-hybridized carbons (Fsp3) is 0.471. The molecule has 0 bridgehead atoms. The summed E-state index contributed by atoms with van der Waals surface area (Å²) in [6.07, 6.45) is 5.18. The van der Waals surface area contributed by atoms with E-state index in [-0.39, 0.29) is 11.8 Å². The van der Waals surface area contributed by atoms with Crippen LogP contribution in [0.4, 0.5) is 11.9 Å².